The lowest BCUT2D eigenvalue weighted by Crippen LogP contribution is -2.23. The molecule has 0 aliphatic rings. The number of fused-ring (bicyclic) bond motifs is 1. The highest BCUT2D eigenvalue weighted by atomic mass is 32.1. The van der Waals surface area contributed by atoms with Gasteiger partial charge in [-0.3, -0.25) is 4.79 Å². The molecule has 0 bridgehead atoms. The number of anilines is 1. The highest BCUT2D eigenvalue weighted by Crippen LogP contribution is 2.35. The van der Waals surface area contributed by atoms with Gasteiger partial charge in [0, 0.05) is 23.1 Å². The van der Waals surface area contributed by atoms with E-state index in [0.717, 1.165) is 28.0 Å². The van der Waals surface area contributed by atoms with Crippen molar-refractivity contribution in [2.75, 3.05) is 27.1 Å². The van der Waals surface area contributed by atoms with Crippen molar-refractivity contribution in [3.63, 3.8) is 0 Å². The lowest BCUT2D eigenvalue weighted by Gasteiger charge is -2.13. The molecule has 2 aromatic heterocycles. The van der Waals surface area contributed by atoms with E-state index < -0.39 is 0 Å². The van der Waals surface area contributed by atoms with Crippen molar-refractivity contribution < 1.29 is 19.0 Å². The molecule has 0 spiro atoms. The van der Waals surface area contributed by atoms with E-state index in [9.17, 15) is 4.79 Å². The van der Waals surface area contributed by atoms with Crippen molar-refractivity contribution in [1.82, 2.24) is 10.3 Å². The van der Waals surface area contributed by atoms with E-state index in [-0.39, 0.29) is 12.5 Å². The highest BCUT2D eigenvalue weighted by Gasteiger charge is 2.19. The fourth-order valence-electron chi connectivity index (χ4n) is 3.46. The number of benzene rings is 2. The number of para-hydroxylation sites is 1. The number of methoxy groups -OCH3 is 3. The molecule has 7 nitrogen and oxygen atoms in total. The minimum atomic E-state index is -0.265. The van der Waals surface area contributed by atoms with Crippen LogP contribution in [0.15, 0.2) is 54.6 Å². The van der Waals surface area contributed by atoms with Gasteiger partial charge in [-0.15, -0.1) is 11.3 Å². The fraction of sp³-hybridized carbons (Fsp3) is 0.167. The number of carbonyl (C=O) groups excluding carboxylic acids is 1. The fourth-order valence-corrected chi connectivity index (χ4v) is 4.47. The normalized spacial score (nSPS) is 10.7. The number of amides is 1. The zero-order chi connectivity index (χ0) is 22.7. The van der Waals surface area contributed by atoms with E-state index in [1.165, 1.54) is 11.3 Å². The van der Waals surface area contributed by atoms with Crippen molar-refractivity contribution in [3.05, 3.63) is 65.0 Å². The number of nitrogens with one attached hydrogen (secondary N) is 1. The van der Waals surface area contributed by atoms with E-state index in [1.807, 2.05) is 48.5 Å². The second-order valence-corrected chi connectivity index (χ2v) is 7.96. The van der Waals surface area contributed by atoms with Crippen molar-refractivity contribution in [2.45, 2.75) is 6.54 Å². The van der Waals surface area contributed by atoms with Crippen LogP contribution in [0, 0.1) is 0 Å². The summed E-state index contributed by atoms with van der Waals surface area (Å²) in [6.07, 6.45) is 0. The Morgan fingerprint density at radius 2 is 1.84 bits per heavy atom. The van der Waals surface area contributed by atoms with Crippen LogP contribution in [0.1, 0.15) is 15.2 Å². The molecule has 8 heteroatoms. The number of thiophene rings is 1. The summed E-state index contributed by atoms with van der Waals surface area (Å²) in [5.74, 6) is 1.68. The summed E-state index contributed by atoms with van der Waals surface area (Å²) in [6, 6.07) is 17.0. The van der Waals surface area contributed by atoms with Gasteiger partial charge in [0.15, 0.2) is 11.5 Å². The average Bonchev–Trinajstić information content (AvgIpc) is 3.17. The molecular formula is C24H23N3O4S. The zero-order valence-electron chi connectivity index (χ0n) is 18.0. The molecule has 0 aliphatic carbocycles. The summed E-state index contributed by atoms with van der Waals surface area (Å²) in [4.78, 5) is 18.8. The Kier molecular flexibility index (Phi) is 6.13. The van der Waals surface area contributed by atoms with Crippen molar-refractivity contribution in [3.8, 4) is 28.5 Å². The Morgan fingerprint density at radius 1 is 1.03 bits per heavy atom. The van der Waals surface area contributed by atoms with Crippen LogP contribution in [0.2, 0.25) is 0 Å². The van der Waals surface area contributed by atoms with Gasteiger partial charge in [0.2, 0.25) is 0 Å². The molecule has 2 aromatic carbocycles. The predicted octanol–water partition coefficient (Wildman–Crippen LogP) is 4.50. The van der Waals surface area contributed by atoms with Crippen LogP contribution in [-0.2, 0) is 6.54 Å². The van der Waals surface area contributed by atoms with Gasteiger partial charge >= 0.3 is 0 Å². The molecule has 0 aliphatic heterocycles. The van der Waals surface area contributed by atoms with Crippen LogP contribution in [0.4, 0.5) is 5.69 Å². The molecular weight excluding hydrogens is 426 g/mol. The van der Waals surface area contributed by atoms with Gasteiger partial charge in [0.05, 0.1) is 32.7 Å². The Hall–Kier alpha value is -3.78. The second-order valence-electron chi connectivity index (χ2n) is 6.96. The third-order valence-electron chi connectivity index (χ3n) is 5.09. The van der Waals surface area contributed by atoms with Gasteiger partial charge in [-0.2, -0.15) is 0 Å². The van der Waals surface area contributed by atoms with Crippen LogP contribution in [0.5, 0.6) is 17.2 Å². The van der Waals surface area contributed by atoms with Gasteiger partial charge in [-0.1, -0.05) is 24.3 Å². The quantitative estimate of drug-likeness (QED) is 0.431. The number of rotatable bonds is 7. The standard InChI is InChI=1S/C24H23N3O4S/c1-29-16-8-4-6-14(12-16)18-11-10-17-20(25)22(32-24(17)27-18)23(28)26-13-15-7-5-9-19(30-2)21(15)31-3/h4-12H,13,25H2,1-3H3,(H,26,28). The second kappa shape index (κ2) is 9.15. The molecule has 1 amide bonds. The van der Waals surface area contributed by atoms with Crippen LogP contribution in [0.25, 0.3) is 21.5 Å². The van der Waals surface area contributed by atoms with E-state index in [0.29, 0.717) is 26.9 Å². The number of pyridine rings is 1. The maximum absolute atomic E-state index is 12.9. The first-order valence-corrected chi connectivity index (χ1v) is 10.7. The first kappa shape index (κ1) is 21.5. The van der Waals surface area contributed by atoms with Crippen LogP contribution in [-0.4, -0.2) is 32.2 Å². The molecule has 0 saturated heterocycles. The number of nitrogens with two attached hydrogens (primary N) is 1. The minimum absolute atomic E-state index is 0.265. The predicted molar refractivity (Wildman–Crippen MR) is 127 cm³/mol. The highest BCUT2D eigenvalue weighted by molar-refractivity contribution is 7.21. The molecule has 0 fully saturated rings. The van der Waals surface area contributed by atoms with E-state index in [1.54, 1.807) is 27.4 Å². The van der Waals surface area contributed by atoms with Crippen LogP contribution in [0.3, 0.4) is 0 Å². The molecule has 0 radical (unpaired) electrons. The topological polar surface area (TPSA) is 95.7 Å². The molecule has 32 heavy (non-hydrogen) atoms. The molecule has 0 atom stereocenters. The van der Waals surface area contributed by atoms with Gasteiger partial charge in [0.25, 0.3) is 5.91 Å². The summed E-state index contributed by atoms with van der Waals surface area (Å²) in [7, 11) is 4.77. The summed E-state index contributed by atoms with van der Waals surface area (Å²) in [6.45, 7) is 0.273. The maximum atomic E-state index is 12.9. The Bertz CT molecular complexity index is 1290. The van der Waals surface area contributed by atoms with Crippen molar-refractivity contribution >= 4 is 33.1 Å². The Balaban J connectivity index is 1.59. The number of carbonyl (C=O) groups is 1. The van der Waals surface area contributed by atoms with Crippen LogP contribution >= 0.6 is 11.3 Å². The lowest BCUT2D eigenvalue weighted by molar-refractivity contribution is 0.0955. The lowest BCUT2D eigenvalue weighted by atomic mass is 10.1. The van der Waals surface area contributed by atoms with E-state index in [4.69, 9.17) is 24.9 Å². The largest absolute Gasteiger partial charge is 0.497 e. The maximum Gasteiger partial charge on any atom is 0.263 e. The molecule has 164 valence electrons. The van der Waals surface area contributed by atoms with Gasteiger partial charge < -0.3 is 25.3 Å². The Morgan fingerprint density at radius 3 is 2.59 bits per heavy atom. The third kappa shape index (κ3) is 4.04. The number of hydrogen-bond acceptors (Lipinski definition) is 7. The average molecular weight is 450 g/mol. The smallest absolute Gasteiger partial charge is 0.263 e. The number of nitrogen functional groups attached to an aromatic ring is 1. The summed E-state index contributed by atoms with van der Waals surface area (Å²) >= 11 is 1.27. The minimum Gasteiger partial charge on any atom is -0.497 e. The zero-order valence-corrected chi connectivity index (χ0v) is 18.8. The molecule has 4 rings (SSSR count). The number of ether oxygens (including phenoxy) is 3. The number of hydrogen-bond donors (Lipinski definition) is 2. The molecule has 3 N–H and O–H groups in total. The number of nitrogens with zero attached hydrogens (tertiary/aromatic N) is 1. The number of aromatic nitrogens is 1. The summed E-state index contributed by atoms with van der Waals surface area (Å²) in [5.41, 5.74) is 9.22. The van der Waals surface area contributed by atoms with Crippen LogP contribution < -0.4 is 25.3 Å². The summed E-state index contributed by atoms with van der Waals surface area (Å²) in [5, 5.41) is 3.67. The SMILES string of the molecule is COc1cccc(-c2ccc3c(N)c(C(=O)NCc4cccc(OC)c4OC)sc3n2)c1. The molecule has 0 saturated carbocycles. The first-order valence-electron chi connectivity index (χ1n) is 9.87. The molecule has 4 aromatic rings. The van der Waals surface area contributed by atoms with E-state index in [2.05, 4.69) is 5.32 Å². The van der Waals surface area contributed by atoms with Gasteiger partial charge in [-0.05, 0) is 30.3 Å². The van der Waals surface area contributed by atoms with E-state index >= 15 is 0 Å². The third-order valence-corrected chi connectivity index (χ3v) is 6.20. The van der Waals surface area contributed by atoms with Gasteiger partial charge in [-0.25, -0.2) is 4.98 Å². The molecule has 2 heterocycles. The monoisotopic (exact) mass is 449 g/mol. The summed E-state index contributed by atoms with van der Waals surface area (Å²) < 4.78 is 16.0. The Labute approximate surface area is 189 Å². The first-order chi connectivity index (χ1) is 15.5. The molecule has 0 unspecified atom stereocenters. The van der Waals surface area contributed by atoms with Crippen molar-refractivity contribution in [2.24, 2.45) is 0 Å². The van der Waals surface area contributed by atoms with Crippen molar-refractivity contribution in [1.29, 1.82) is 0 Å². The van der Waals surface area contributed by atoms with Gasteiger partial charge in [0.1, 0.15) is 15.5 Å².